The summed E-state index contributed by atoms with van der Waals surface area (Å²) in [6.45, 7) is 1.18. The third kappa shape index (κ3) is 7.19. The van der Waals surface area contributed by atoms with E-state index in [2.05, 4.69) is 15.3 Å². The molecule has 186 valence electrons. The Morgan fingerprint density at radius 2 is 1.69 bits per heavy atom. The van der Waals surface area contributed by atoms with Crippen molar-refractivity contribution >= 4 is 17.2 Å². The summed E-state index contributed by atoms with van der Waals surface area (Å²) in [6.07, 6.45) is -1.13. The van der Waals surface area contributed by atoms with E-state index in [1.165, 1.54) is 29.5 Å². The Balaban J connectivity index is 1.47. The molecule has 0 fully saturated rings. The number of pyridine rings is 1. The van der Waals surface area contributed by atoms with Crippen molar-refractivity contribution in [1.29, 1.82) is 0 Å². The standard InChI is InChI=1S/C26H22F4N4OS/c27-22-8-6-18(7-9-22)14-34(15-19-3-1-5-21(11-19)26(28,29)30)16-24-33-23(17-36-24)25(35)32-13-20-4-2-10-31-12-20/h1-12,17H,13-16H2,(H,32,35). The highest BCUT2D eigenvalue weighted by molar-refractivity contribution is 7.09. The molecule has 0 saturated carbocycles. The number of rotatable bonds is 9. The van der Waals surface area contributed by atoms with Crippen molar-refractivity contribution < 1.29 is 22.4 Å². The van der Waals surface area contributed by atoms with Crippen LogP contribution in [0.25, 0.3) is 0 Å². The van der Waals surface area contributed by atoms with Crippen molar-refractivity contribution in [2.45, 2.75) is 32.4 Å². The molecule has 4 rings (SSSR count). The highest BCUT2D eigenvalue weighted by Crippen LogP contribution is 2.30. The van der Waals surface area contributed by atoms with E-state index in [-0.39, 0.29) is 24.0 Å². The van der Waals surface area contributed by atoms with Crippen LogP contribution in [0, 0.1) is 5.82 Å². The lowest BCUT2D eigenvalue weighted by molar-refractivity contribution is -0.137. The van der Waals surface area contributed by atoms with Crippen LogP contribution in [0.2, 0.25) is 0 Å². The monoisotopic (exact) mass is 514 g/mol. The molecule has 10 heteroatoms. The van der Waals surface area contributed by atoms with E-state index in [4.69, 9.17) is 0 Å². The lowest BCUT2D eigenvalue weighted by Crippen LogP contribution is -2.24. The van der Waals surface area contributed by atoms with E-state index in [1.807, 2.05) is 11.0 Å². The summed E-state index contributed by atoms with van der Waals surface area (Å²) in [4.78, 5) is 22.9. The molecule has 2 heterocycles. The van der Waals surface area contributed by atoms with Gasteiger partial charge in [-0.1, -0.05) is 36.4 Å². The van der Waals surface area contributed by atoms with Gasteiger partial charge >= 0.3 is 6.18 Å². The summed E-state index contributed by atoms with van der Waals surface area (Å²) in [7, 11) is 0. The van der Waals surface area contributed by atoms with Gasteiger partial charge in [-0.05, 0) is 41.0 Å². The van der Waals surface area contributed by atoms with E-state index < -0.39 is 11.7 Å². The molecule has 0 saturated heterocycles. The number of halogens is 4. The van der Waals surface area contributed by atoms with Crippen LogP contribution in [0.15, 0.2) is 78.4 Å². The summed E-state index contributed by atoms with van der Waals surface area (Å²) in [6, 6.07) is 14.7. The first-order valence-electron chi connectivity index (χ1n) is 11.0. The molecular formula is C26H22F4N4OS. The minimum Gasteiger partial charge on any atom is -0.347 e. The number of aromatic nitrogens is 2. The second-order valence-electron chi connectivity index (χ2n) is 8.14. The molecule has 0 aliphatic heterocycles. The first-order valence-corrected chi connectivity index (χ1v) is 11.9. The average molecular weight is 515 g/mol. The predicted octanol–water partition coefficient (Wildman–Crippen LogP) is 5.83. The molecule has 0 unspecified atom stereocenters. The Kier molecular flexibility index (Phi) is 8.07. The molecule has 1 N–H and O–H groups in total. The topological polar surface area (TPSA) is 58.1 Å². The normalized spacial score (nSPS) is 11.6. The molecule has 0 aliphatic carbocycles. The van der Waals surface area contributed by atoms with Crippen LogP contribution in [-0.2, 0) is 32.4 Å². The fourth-order valence-electron chi connectivity index (χ4n) is 3.57. The Labute approximate surface area is 209 Å². The number of nitrogens with one attached hydrogen (secondary N) is 1. The van der Waals surface area contributed by atoms with Crippen molar-refractivity contribution in [3.05, 3.63) is 117 Å². The van der Waals surface area contributed by atoms with E-state index in [0.717, 1.165) is 23.3 Å². The molecule has 2 aromatic heterocycles. The van der Waals surface area contributed by atoms with Gasteiger partial charge in [0.1, 0.15) is 16.5 Å². The van der Waals surface area contributed by atoms with Gasteiger partial charge in [0.15, 0.2) is 0 Å². The number of alkyl halides is 3. The summed E-state index contributed by atoms with van der Waals surface area (Å²) in [5.74, 6) is -0.700. The van der Waals surface area contributed by atoms with Gasteiger partial charge in [-0.3, -0.25) is 14.7 Å². The van der Waals surface area contributed by atoms with Crippen LogP contribution in [0.1, 0.15) is 37.7 Å². The van der Waals surface area contributed by atoms with Crippen LogP contribution in [0.5, 0.6) is 0 Å². The number of hydrogen-bond acceptors (Lipinski definition) is 5. The van der Waals surface area contributed by atoms with Gasteiger partial charge in [-0.25, -0.2) is 9.37 Å². The predicted molar refractivity (Wildman–Crippen MR) is 128 cm³/mol. The van der Waals surface area contributed by atoms with Crippen molar-refractivity contribution in [3.63, 3.8) is 0 Å². The molecule has 1 amide bonds. The molecule has 4 aromatic rings. The van der Waals surface area contributed by atoms with E-state index in [0.29, 0.717) is 30.2 Å². The van der Waals surface area contributed by atoms with Crippen LogP contribution >= 0.6 is 11.3 Å². The van der Waals surface area contributed by atoms with Crippen LogP contribution < -0.4 is 5.32 Å². The van der Waals surface area contributed by atoms with Gasteiger partial charge < -0.3 is 5.32 Å². The molecule has 5 nitrogen and oxygen atoms in total. The quantitative estimate of drug-likeness (QED) is 0.286. The first kappa shape index (κ1) is 25.5. The third-order valence-electron chi connectivity index (χ3n) is 5.30. The van der Waals surface area contributed by atoms with Gasteiger partial charge in [-0.2, -0.15) is 13.2 Å². The van der Waals surface area contributed by atoms with Crippen molar-refractivity contribution in [2.24, 2.45) is 0 Å². The van der Waals surface area contributed by atoms with Crippen molar-refractivity contribution in [2.75, 3.05) is 0 Å². The highest BCUT2D eigenvalue weighted by Gasteiger charge is 2.30. The van der Waals surface area contributed by atoms with Crippen molar-refractivity contribution in [1.82, 2.24) is 20.2 Å². The largest absolute Gasteiger partial charge is 0.416 e. The zero-order chi connectivity index (χ0) is 25.5. The number of carbonyl (C=O) groups is 1. The van der Waals surface area contributed by atoms with Gasteiger partial charge in [0, 0.05) is 37.4 Å². The molecule has 2 aromatic carbocycles. The van der Waals surface area contributed by atoms with Gasteiger partial charge in [-0.15, -0.1) is 11.3 Å². The van der Waals surface area contributed by atoms with Gasteiger partial charge in [0.25, 0.3) is 5.91 Å². The van der Waals surface area contributed by atoms with E-state index in [9.17, 15) is 22.4 Å². The molecule has 0 aliphatic rings. The number of amides is 1. The Bertz CT molecular complexity index is 1290. The zero-order valence-electron chi connectivity index (χ0n) is 19.0. The maximum Gasteiger partial charge on any atom is 0.416 e. The highest BCUT2D eigenvalue weighted by atomic mass is 32.1. The summed E-state index contributed by atoms with van der Waals surface area (Å²) >= 11 is 1.29. The van der Waals surface area contributed by atoms with E-state index >= 15 is 0 Å². The first-order chi connectivity index (χ1) is 17.3. The summed E-state index contributed by atoms with van der Waals surface area (Å²) < 4.78 is 52.9. The van der Waals surface area contributed by atoms with Gasteiger partial charge in [0.05, 0.1) is 12.1 Å². The minimum absolute atomic E-state index is 0.212. The lowest BCUT2D eigenvalue weighted by Gasteiger charge is -2.22. The van der Waals surface area contributed by atoms with Crippen LogP contribution in [0.3, 0.4) is 0 Å². The molecule has 0 atom stereocenters. The van der Waals surface area contributed by atoms with E-state index in [1.54, 1.807) is 42.0 Å². The molecule has 0 radical (unpaired) electrons. The van der Waals surface area contributed by atoms with Gasteiger partial charge in [0.2, 0.25) is 0 Å². The van der Waals surface area contributed by atoms with Crippen LogP contribution in [-0.4, -0.2) is 20.8 Å². The average Bonchev–Trinajstić information content (AvgIpc) is 3.33. The fraction of sp³-hybridized carbons (Fsp3) is 0.192. The molecular weight excluding hydrogens is 492 g/mol. The maximum absolute atomic E-state index is 13.4. The summed E-state index contributed by atoms with van der Waals surface area (Å²) in [5.41, 5.74) is 1.68. The molecule has 36 heavy (non-hydrogen) atoms. The maximum atomic E-state index is 13.4. The van der Waals surface area contributed by atoms with Crippen LogP contribution in [0.4, 0.5) is 17.6 Å². The number of nitrogens with zero attached hydrogens (tertiary/aromatic N) is 3. The Hall–Kier alpha value is -3.63. The molecule has 0 bridgehead atoms. The lowest BCUT2D eigenvalue weighted by atomic mass is 10.1. The minimum atomic E-state index is -4.44. The Morgan fingerprint density at radius 1 is 0.944 bits per heavy atom. The Morgan fingerprint density at radius 3 is 2.42 bits per heavy atom. The third-order valence-corrected chi connectivity index (χ3v) is 6.13. The second-order valence-corrected chi connectivity index (χ2v) is 9.08. The zero-order valence-corrected chi connectivity index (χ0v) is 19.8. The van der Waals surface area contributed by atoms with Crippen molar-refractivity contribution in [3.8, 4) is 0 Å². The smallest absolute Gasteiger partial charge is 0.347 e. The number of carbonyl (C=O) groups excluding carboxylic acids is 1. The fourth-order valence-corrected chi connectivity index (χ4v) is 4.39. The SMILES string of the molecule is O=C(NCc1cccnc1)c1csc(CN(Cc2ccc(F)cc2)Cc2cccc(C(F)(F)F)c2)n1. The number of benzene rings is 2. The molecule has 0 spiro atoms. The summed E-state index contributed by atoms with van der Waals surface area (Å²) in [5, 5.41) is 5.08. The number of hydrogen-bond donors (Lipinski definition) is 1. The second kappa shape index (κ2) is 11.4. The number of thiazole rings is 1.